The summed E-state index contributed by atoms with van der Waals surface area (Å²) in [6.07, 6.45) is 15.2. The highest BCUT2D eigenvalue weighted by molar-refractivity contribution is 5.71. The number of aliphatic imine (C=N–C) groups is 1. The summed E-state index contributed by atoms with van der Waals surface area (Å²) in [6, 6.07) is 0. The van der Waals surface area contributed by atoms with Crippen LogP contribution in [-0.4, -0.2) is 31.3 Å². The molecular formula is C23H38N2. The molecule has 0 aromatic heterocycles. The highest BCUT2D eigenvalue weighted by Crippen LogP contribution is 2.33. The van der Waals surface area contributed by atoms with Gasteiger partial charge in [-0.15, -0.1) is 0 Å². The molecule has 2 aliphatic rings. The topological polar surface area (TPSA) is 15.6 Å². The zero-order valence-corrected chi connectivity index (χ0v) is 17.5. The van der Waals surface area contributed by atoms with Gasteiger partial charge in [-0.1, -0.05) is 58.1 Å². The van der Waals surface area contributed by atoms with Crippen molar-refractivity contribution >= 4 is 6.21 Å². The lowest BCUT2D eigenvalue weighted by Gasteiger charge is -2.32. The van der Waals surface area contributed by atoms with Crippen molar-refractivity contribution < 1.29 is 0 Å². The number of nitrogens with zero attached hydrogens (tertiary/aromatic N) is 2. The molecule has 0 aromatic rings. The van der Waals surface area contributed by atoms with Gasteiger partial charge < -0.3 is 4.90 Å². The molecule has 1 aliphatic heterocycles. The van der Waals surface area contributed by atoms with E-state index in [1.165, 1.54) is 41.8 Å². The van der Waals surface area contributed by atoms with Crippen molar-refractivity contribution in [2.45, 2.75) is 54.4 Å². The van der Waals surface area contributed by atoms with Crippen LogP contribution < -0.4 is 0 Å². The van der Waals surface area contributed by atoms with Gasteiger partial charge in [-0.25, -0.2) is 0 Å². The molecule has 0 atom stereocenters. The fraction of sp³-hybridized carbons (Fsp3) is 0.522. The zero-order chi connectivity index (χ0) is 19.2. The van der Waals surface area contributed by atoms with E-state index in [0.717, 1.165) is 12.5 Å². The van der Waals surface area contributed by atoms with Crippen molar-refractivity contribution in [1.82, 2.24) is 4.90 Å². The second-order valence-electron chi connectivity index (χ2n) is 5.99. The third-order valence-electron chi connectivity index (χ3n) is 3.96. The Morgan fingerprint density at radius 1 is 1.16 bits per heavy atom. The first-order valence-electron chi connectivity index (χ1n) is 9.69. The number of allylic oxidation sites excluding steroid dienone is 6. The van der Waals surface area contributed by atoms with Crippen molar-refractivity contribution in [3.05, 3.63) is 59.4 Å². The Hall–Kier alpha value is -1.83. The van der Waals surface area contributed by atoms with Gasteiger partial charge in [-0.2, -0.15) is 0 Å². The summed E-state index contributed by atoms with van der Waals surface area (Å²) in [7, 11) is 1.78. The van der Waals surface area contributed by atoms with E-state index < -0.39 is 0 Å². The zero-order valence-electron chi connectivity index (χ0n) is 17.5. The minimum atomic E-state index is 0.883. The minimum Gasteiger partial charge on any atom is -0.367 e. The molecule has 2 nitrogen and oxygen atoms in total. The smallest absolute Gasteiger partial charge is 0.0432 e. The molecule has 2 heteroatoms. The standard InChI is InChI=1S/C19H26N2.2C2H6/c1-15(2)18-10-11-19(16(3)7-5-6-12-20-4)21(14-18)13-17-8-9-17;2*1-2/h5-7,10-12,17H,1,8-9,13-14H2,2-4H3;2*1-2H3/b6-5-,16-7+,20-12?;;. The van der Waals surface area contributed by atoms with Crippen LogP contribution in [-0.2, 0) is 0 Å². The Kier molecular flexibility index (Phi) is 12.5. The quantitative estimate of drug-likeness (QED) is 0.405. The van der Waals surface area contributed by atoms with E-state index in [4.69, 9.17) is 0 Å². The third-order valence-corrected chi connectivity index (χ3v) is 3.96. The van der Waals surface area contributed by atoms with Gasteiger partial charge in [0.15, 0.2) is 0 Å². The van der Waals surface area contributed by atoms with E-state index in [2.05, 4.69) is 54.6 Å². The maximum atomic E-state index is 4.08. The molecule has 1 fully saturated rings. The Morgan fingerprint density at radius 3 is 2.32 bits per heavy atom. The second kappa shape index (κ2) is 13.5. The lowest BCUT2D eigenvalue weighted by molar-refractivity contribution is 0.358. The van der Waals surface area contributed by atoms with Crippen LogP contribution in [0.25, 0.3) is 0 Å². The van der Waals surface area contributed by atoms with Gasteiger partial charge in [0, 0.05) is 32.0 Å². The van der Waals surface area contributed by atoms with Crippen LogP contribution in [0.15, 0.2) is 64.4 Å². The molecular weight excluding hydrogens is 304 g/mol. The maximum absolute atomic E-state index is 4.08. The highest BCUT2D eigenvalue weighted by Gasteiger charge is 2.27. The number of hydrogen-bond acceptors (Lipinski definition) is 2. The molecule has 0 saturated heterocycles. The van der Waals surface area contributed by atoms with E-state index >= 15 is 0 Å². The molecule has 0 radical (unpaired) electrons. The van der Waals surface area contributed by atoms with E-state index in [1.807, 2.05) is 33.8 Å². The molecule has 0 unspecified atom stereocenters. The molecule has 1 saturated carbocycles. The minimum absolute atomic E-state index is 0.883. The van der Waals surface area contributed by atoms with Crippen molar-refractivity contribution in [3.8, 4) is 0 Å². The number of rotatable bonds is 6. The molecule has 0 amide bonds. The highest BCUT2D eigenvalue weighted by atomic mass is 15.1. The molecule has 2 rings (SSSR count). The largest absolute Gasteiger partial charge is 0.367 e. The maximum Gasteiger partial charge on any atom is 0.0432 e. The second-order valence-corrected chi connectivity index (χ2v) is 5.99. The van der Waals surface area contributed by atoms with Gasteiger partial charge in [-0.3, -0.25) is 4.99 Å². The monoisotopic (exact) mass is 342 g/mol. The lowest BCUT2D eigenvalue weighted by Crippen LogP contribution is -2.30. The Morgan fingerprint density at radius 2 is 1.80 bits per heavy atom. The van der Waals surface area contributed by atoms with E-state index in [-0.39, 0.29) is 0 Å². The van der Waals surface area contributed by atoms with Crippen molar-refractivity contribution in [1.29, 1.82) is 0 Å². The summed E-state index contributed by atoms with van der Waals surface area (Å²) in [5.74, 6) is 0.883. The number of hydrogen-bond donors (Lipinski definition) is 0. The van der Waals surface area contributed by atoms with Crippen LogP contribution in [0.1, 0.15) is 54.4 Å². The van der Waals surface area contributed by atoms with Crippen molar-refractivity contribution in [2.24, 2.45) is 10.9 Å². The van der Waals surface area contributed by atoms with Crippen molar-refractivity contribution in [3.63, 3.8) is 0 Å². The van der Waals surface area contributed by atoms with Gasteiger partial charge in [0.2, 0.25) is 0 Å². The molecule has 0 bridgehead atoms. The SMILES string of the molecule is C=C(C)C1=CC=C(/C(C)=C/C=C\C=NC)N(CC2CC2)C1.CC.CC. The fourth-order valence-electron chi connectivity index (χ4n) is 2.48. The summed E-state index contributed by atoms with van der Waals surface area (Å²) in [5.41, 5.74) is 5.16. The molecule has 0 spiro atoms. The molecule has 1 heterocycles. The molecule has 0 N–H and O–H groups in total. The lowest BCUT2D eigenvalue weighted by atomic mass is 10.0. The Balaban J connectivity index is 0.00000134. The molecule has 140 valence electrons. The molecule has 0 aromatic carbocycles. The van der Waals surface area contributed by atoms with Gasteiger partial charge in [0.05, 0.1) is 0 Å². The first kappa shape index (κ1) is 23.2. The van der Waals surface area contributed by atoms with Gasteiger partial charge in [-0.05, 0) is 55.9 Å². The van der Waals surface area contributed by atoms with Crippen LogP contribution in [0.4, 0.5) is 0 Å². The first-order valence-corrected chi connectivity index (χ1v) is 9.69. The normalized spacial score (nSPS) is 17.4. The van der Waals surface area contributed by atoms with Crippen LogP contribution in [0.5, 0.6) is 0 Å². The van der Waals surface area contributed by atoms with Crippen molar-refractivity contribution in [2.75, 3.05) is 20.1 Å². The molecule has 1 aliphatic carbocycles. The third kappa shape index (κ3) is 8.72. The predicted octanol–water partition coefficient (Wildman–Crippen LogP) is 6.35. The van der Waals surface area contributed by atoms with Crippen LogP contribution in [0.3, 0.4) is 0 Å². The molecule has 25 heavy (non-hydrogen) atoms. The summed E-state index contributed by atoms with van der Waals surface area (Å²) < 4.78 is 0. The van der Waals surface area contributed by atoms with Gasteiger partial charge in [0.25, 0.3) is 0 Å². The van der Waals surface area contributed by atoms with Crippen LogP contribution in [0.2, 0.25) is 0 Å². The van der Waals surface area contributed by atoms with Gasteiger partial charge in [0.1, 0.15) is 0 Å². The summed E-state index contributed by atoms with van der Waals surface area (Å²) >= 11 is 0. The van der Waals surface area contributed by atoms with Crippen LogP contribution >= 0.6 is 0 Å². The fourth-order valence-corrected chi connectivity index (χ4v) is 2.48. The van der Waals surface area contributed by atoms with E-state index in [0.29, 0.717) is 0 Å². The predicted molar refractivity (Wildman–Crippen MR) is 115 cm³/mol. The Bertz CT molecular complexity index is 540. The average Bonchev–Trinajstić information content (AvgIpc) is 3.46. The summed E-state index contributed by atoms with van der Waals surface area (Å²) in [5, 5.41) is 0. The van der Waals surface area contributed by atoms with Crippen LogP contribution in [0, 0.1) is 5.92 Å². The van der Waals surface area contributed by atoms with Gasteiger partial charge >= 0.3 is 0 Å². The summed E-state index contributed by atoms with van der Waals surface area (Å²) in [4.78, 5) is 6.46. The Labute approximate surface area is 156 Å². The first-order chi connectivity index (χ1) is 12.1. The average molecular weight is 343 g/mol. The van der Waals surface area contributed by atoms with E-state index in [1.54, 1.807) is 13.3 Å². The van der Waals surface area contributed by atoms with E-state index in [9.17, 15) is 0 Å². The summed E-state index contributed by atoms with van der Waals surface area (Å²) in [6.45, 7) is 18.5.